The Kier molecular flexibility index (Phi) is 6.29. The second-order valence-corrected chi connectivity index (χ2v) is 11.3. The third-order valence-corrected chi connectivity index (χ3v) is 8.85. The Balaban J connectivity index is 1.48. The first-order valence-corrected chi connectivity index (χ1v) is 13.6. The Morgan fingerprint density at radius 2 is 1.81 bits per heavy atom. The number of sulfonamides is 1. The van der Waals surface area contributed by atoms with Crippen LogP contribution < -0.4 is 9.62 Å². The maximum absolute atomic E-state index is 13.5. The zero-order chi connectivity index (χ0) is 25.4. The number of hydrogen-bond acceptors (Lipinski definition) is 5. The normalized spacial score (nSPS) is 12.9. The lowest BCUT2D eigenvalue weighted by atomic mass is 10.0. The van der Waals surface area contributed by atoms with Crippen molar-refractivity contribution in [3.63, 3.8) is 0 Å². The highest BCUT2D eigenvalue weighted by atomic mass is 35.5. The first-order chi connectivity index (χ1) is 17.3. The molecule has 1 amide bonds. The van der Waals surface area contributed by atoms with E-state index in [9.17, 15) is 23.1 Å². The molecular weight excluding hydrogens is 520 g/mol. The minimum absolute atomic E-state index is 0.0389. The van der Waals surface area contributed by atoms with Crippen molar-refractivity contribution < 1.29 is 23.1 Å². The Morgan fingerprint density at radius 3 is 2.56 bits per heavy atom. The summed E-state index contributed by atoms with van der Waals surface area (Å²) in [6, 6.07) is 19.2. The predicted octanol–water partition coefficient (Wildman–Crippen LogP) is 5.77. The van der Waals surface area contributed by atoms with Crippen LogP contribution in [-0.4, -0.2) is 31.9 Å². The summed E-state index contributed by atoms with van der Waals surface area (Å²) in [6.07, 6.45) is 0.534. The molecule has 1 aliphatic rings. The standard InChI is InChI=1S/C26H19ClN2O5S2/c27-18-9-10-22-16(14-18)11-12-29(22)36(33,34)19-5-1-4-17(15-19)25(30)28-24-20(23-8-3-13-35-23)6-2-7-21(24)26(31)32/h1-10,13-15H,11-12H2,(H,28,30)(H,31,32). The molecule has 3 aromatic carbocycles. The van der Waals surface area contributed by atoms with Crippen LogP contribution in [-0.2, 0) is 16.4 Å². The van der Waals surface area contributed by atoms with Gasteiger partial charge in [-0.15, -0.1) is 11.3 Å². The highest BCUT2D eigenvalue weighted by Crippen LogP contribution is 2.36. The maximum Gasteiger partial charge on any atom is 0.337 e. The molecule has 0 aliphatic carbocycles. The number of fused-ring (bicyclic) bond motifs is 1. The fraction of sp³-hybridized carbons (Fsp3) is 0.0769. The molecule has 4 aromatic rings. The molecule has 10 heteroatoms. The van der Waals surface area contributed by atoms with Gasteiger partial charge in [-0.05, 0) is 65.9 Å². The SMILES string of the molecule is O=C(Nc1c(C(=O)O)cccc1-c1cccs1)c1cccc(S(=O)(=O)N2CCc3cc(Cl)ccc32)c1. The number of nitrogens with one attached hydrogen (secondary N) is 1. The number of para-hydroxylation sites is 1. The van der Waals surface area contributed by atoms with Crippen molar-refractivity contribution in [2.75, 3.05) is 16.2 Å². The monoisotopic (exact) mass is 538 g/mol. The molecule has 0 radical (unpaired) electrons. The van der Waals surface area contributed by atoms with Gasteiger partial charge in [-0.3, -0.25) is 9.10 Å². The summed E-state index contributed by atoms with van der Waals surface area (Å²) in [5, 5.41) is 14.8. The number of hydrogen-bond donors (Lipinski definition) is 2. The highest BCUT2D eigenvalue weighted by molar-refractivity contribution is 7.92. The first kappa shape index (κ1) is 24.1. The largest absolute Gasteiger partial charge is 0.478 e. The number of carbonyl (C=O) groups is 2. The van der Waals surface area contributed by atoms with Crippen molar-refractivity contribution in [1.82, 2.24) is 0 Å². The van der Waals surface area contributed by atoms with Crippen LogP contribution in [0.25, 0.3) is 10.4 Å². The van der Waals surface area contributed by atoms with Crippen LogP contribution in [0.3, 0.4) is 0 Å². The van der Waals surface area contributed by atoms with Crippen LogP contribution >= 0.6 is 22.9 Å². The summed E-state index contributed by atoms with van der Waals surface area (Å²) in [6.45, 7) is 0.268. The second-order valence-electron chi connectivity index (χ2n) is 8.09. The summed E-state index contributed by atoms with van der Waals surface area (Å²) in [5.41, 5.74) is 2.14. The molecule has 0 fully saturated rings. The van der Waals surface area contributed by atoms with Gasteiger partial charge in [0.05, 0.1) is 21.8 Å². The Hall–Kier alpha value is -3.66. The lowest BCUT2D eigenvalue weighted by Crippen LogP contribution is -2.29. The quantitative estimate of drug-likeness (QED) is 0.324. The number of carboxylic acids is 1. The summed E-state index contributed by atoms with van der Waals surface area (Å²) >= 11 is 7.46. The van der Waals surface area contributed by atoms with E-state index in [-0.39, 0.29) is 28.3 Å². The summed E-state index contributed by atoms with van der Waals surface area (Å²) in [7, 11) is -3.94. The van der Waals surface area contributed by atoms with Crippen LogP contribution in [0.4, 0.5) is 11.4 Å². The van der Waals surface area contributed by atoms with Crippen molar-refractivity contribution in [1.29, 1.82) is 0 Å². The van der Waals surface area contributed by atoms with Crippen LogP contribution in [0, 0.1) is 0 Å². The summed E-state index contributed by atoms with van der Waals surface area (Å²) in [5.74, 6) is -1.81. The van der Waals surface area contributed by atoms with E-state index in [1.165, 1.54) is 46.0 Å². The number of halogens is 1. The van der Waals surface area contributed by atoms with Crippen molar-refractivity contribution in [2.24, 2.45) is 0 Å². The third kappa shape index (κ3) is 4.37. The van der Waals surface area contributed by atoms with Crippen molar-refractivity contribution >= 4 is 56.2 Å². The molecule has 36 heavy (non-hydrogen) atoms. The molecule has 1 aromatic heterocycles. The smallest absolute Gasteiger partial charge is 0.337 e. The van der Waals surface area contributed by atoms with Gasteiger partial charge in [0.25, 0.3) is 15.9 Å². The van der Waals surface area contributed by atoms with E-state index in [1.54, 1.807) is 30.3 Å². The molecule has 0 saturated heterocycles. The van der Waals surface area contributed by atoms with Gasteiger partial charge < -0.3 is 10.4 Å². The van der Waals surface area contributed by atoms with Crippen molar-refractivity contribution in [3.8, 4) is 10.4 Å². The highest BCUT2D eigenvalue weighted by Gasteiger charge is 2.31. The van der Waals surface area contributed by atoms with Crippen LogP contribution in [0.1, 0.15) is 26.3 Å². The zero-order valence-electron chi connectivity index (χ0n) is 18.6. The van der Waals surface area contributed by atoms with Gasteiger partial charge in [-0.2, -0.15) is 0 Å². The van der Waals surface area contributed by atoms with Crippen LogP contribution in [0.15, 0.2) is 83.1 Å². The fourth-order valence-electron chi connectivity index (χ4n) is 4.20. The average Bonchev–Trinajstić information content (AvgIpc) is 3.54. The Morgan fingerprint density at radius 1 is 1.00 bits per heavy atom. The van der Waals surface area contributed by atoms with Crippen LogP contribution in [0.2, 0.25) is 5.02 Å². The summed E-state index contributed by atoms with van der Waals surface area (Å²) < 4.78 is 28.2. The molecule has 1 aliphatic heterocycles. The topological polar surface area (TPSA) is 104 Å². The number of rotatable bonds is 6. The molecule has 2 heterocycles. The van der Waals surface area contributed by atoms with Gasteiger partial charge in [0.2, 0.25) is 0 Å². The van der Waals surface area contributed by atoms with E-state index < -0.39 is 21.9 Å². The molecule has 0 unspecified atom stereocenters. The molecular formula is C26H19ClN2O5S2. The number of benzene rings is 3. The van der Waals surface area contributed by atoms with Crippen molar-refractivity contribution in [2.45, 2.75) is 11.3 Å². The van der Waals surface area contributed by atoms with Gasteiger partial charge >= 0.3 is 5.97 Å². The second kappa shape index (κ2) is 9.42. The fourth-order valence-corrected chi connectivity index (χ4v) is 6.71. The molecule has 5 rings (SSSR count). The van der Waals surface area contributed by atoms with E-state index >= 15 is 0 Å². The lowest BCUT2D eigenvalue weighted by Gasteiger charge is -2.20. The zero-order valence-corrected chi connectivity index (χ0v) is 21.0. The van der Waals surface area contributed by atoms with Gasteiger partial charge in [-0.25, -0.2) is 13.2 Å². The first-order valence-electron chi connectivity index (χ1n) is 10.9. The van der Waals surface area contributed by atoms with Crippen LogP contribution in [0.5, 0.6) is 0 Å². The number of thiophene rings is 1. The number of anilines is 2. The minimum Gasteiger partial charge on any atom is -0.478 e. The molecule has 7 nitrogen and oxygen atoms in total. The maximum atomic E-state index is 13.5. The molecule has 0 atom stereocenters. The summed E-state index contributed by atoms with van der Waals surface area (Å²) in [4.78, 5) is 25.8. The van der Waals surface area contributed by atoms with E-state index in [0.29, 0.717) is 22.7 Å². The molecule has 0 spiro atoms. The van der Waals surface area contributed by atoms with Gasteiger partial charge in [-0.1, -0.05) is 35.9 Å². The van der Waals surface area contributed by atoms with E-state index in [2.05, 4.69) is 5.32 Å². The van der Waals surface area contributed by atoms with E-state index in [4.69, 9.17) is 11.6 Å². The average molecular weight is 539 g/mol. The minimum atomic E-state index is -3.94. The van der Waals surface area contributed by atoms with Gasteiger partial charge in [0.1, 0.15) is 0 Å². The lowest BCUT2D eigenvalue weighted by molar-refractivity contribution is 0.0698. The van der Waals surface area contributed by atoms with E-state index in [0.717, 1.165) is 10.4 Å². The van der Waals surface area contributed by atoms with E-state index in [1.807, 2.05) is 17.5 Å². The molecule has 0 saturated carbocycles. The van der Waals surface area contributed by atoms with Crippen molar-refractivity contribution in [3.05, 3.63) is 99.9 Å². The number of carboxylic acid groups (broad SMARTS) is 1. The Labute approximate surface area is 216 Å². The third-order valence-electron chi connectivity index (χ3n) is 5.90. The number of carbonyl (C=O) groups excluding carboxylic acids is 1. The van der Waals surface area contributed by atoms with Gasteiger partial charge in [0, 0.05) is 27.6 Å². The molecule has 182 valence electrons. The number of aromatic carboxylic acids is 1. The number of nitrogens with zero attached hydrogens (tertiary/aromatic N) is 1. The van der Waals surface area contributed by atoms with Gasteiger partial charge in [0.15, 0.2) is 0 Å². The Bertz CT molecular complexity index is 1600. The molecule has 0 bridgehead atoms. The predicted molar refractivity (Wildman–Crippen MR) is 141 cm³/mol. The number of amides is 1. The molecule has 2 N–H and O–H groups in total.